The molecule has 1 aliphatic rings. The molecule has 8 rings (SSSR count). The lowest BCUT2D eigenvalue weighted by Crippen LogP contribution is -2.61. The number of phenolic OH excluding ortho intramolecular Hbond substituents is 3. The number of nitrogens with two attached hydrogens (primary N) is 2. The van der Waals surface area contributed by atoms with Crippen LogP contribution in [0.15, 0.2) is 164 Å². The fourth-order valence-electron chi connectivity index (χ4n) is 13.5. The first-order valence-electron chi connectivity index (χ1n) is 39.8. The Morgan fingerprint density at radius 1 is 0.479 bits per heavy atom. The highest BCUT2D eigenvalue weighted by molar-refractivity contribution is 8.00. The lowest BCUT2D eigenvalue weighted by Gasteiger charge is -2.33. The summed E-state index contributed by atoms with van der Waals surface area (Å²) in [6.07, 6.45) is 0.607. The summed E-state index contributed by atoms with van der Waals surface area (Å²) in [6, 6.07) is 24.0. The maximum atomic E-state index is 15.6. The van der Waals surface area contributed by atoms with Crippen LogP contribution in [0.2, 0.25) is 0 Å². The second-order valence-corrected chi connectivity index (χ2v) is 31.5. The first kappa shape index (κ1) is 93.6. The molecule has 121 heavy (non-hydrogen) atoms. The number of nitrogens with zero attached hydrogens (tertiary/aromatic N) is 1. The number of amides is 14. The van der Waals surface area contributed by atoms with Gasteiger partial charge in [-0.2, -0.15) is 0 Å². The molecule has 0 bridgehead atoms. The van der Waals surface area contributed by atoms with Gasteiger partial charge >= 0.3 is 0 Å². The third kappa shape index (κ3) is 29.6. The molecule has 6 aromatic carbocycles. The molecule has 1 fully saturated rings. The first-order valence-corrected chi connectivity index (χ1v) is 41.0. The summed E-state index contributed by atoms with van der Waals surface area (Å²) in [7, 11) is 1.31. The minimum absolute atomic E-state index is 0.0706. The van der Waals surface area contributed by atoms with Gasteiger partial charge in [0.15, 0.2) is 0 Å². The fourth-order valence-corrected chi connectivity index (χ4v) is 14.4. The van der Waals surface area contributed by atoms with Crippen LogP contribution >= 0.6 is 11.8 Å². The van der Waals surface area contributed by atoms with Crippen molar-refractivity contribution in [2.24, 2.45) is 23.3 Å². The number of fused-ring (bicyclic) bond motifs is 1. The highest BCUT2D eigenvalue weighted by atomic mass is 32.2. The van der Waals surface area contributed by atoms with Gasteiger partial charge in [0.25, 0.3) is 0 Å². The number of thioether (sulfide) groups is 1. The van der Waals surface area contributed by atoms with Crippen molar-refractivity contribution >= 4 is 105 Å². The maximum absolute atomic E-state index is 15.6. The van der Waals surface area contributed by atoms with Gasteiger partial charge in [0.05, 0.1) is 25.4 Å². The van der Waals surface area contributed by atoms with E-state index in [9.17, 15) is 68.4 Å². The highest BCUT2D eigenvalue weighted by Crippen LogP contribution is 2.23. The molecule has 21 N–H and O–H groups in total. The van der Waals surface area contributed by atoms with Crippen LogP contribution in [0.25, 0.3) is 10.9 Å². The third-order valence-corrected chi connectivity index (χ3v) is 21.1. The minimum Gasteiger partial charge on any atom is -0.508 e. The van der Waals surface area contributed by atoms with Gasteiger partial charge in [-0.05, 0) is 120 Å². The minimum atomic E-state index is -1.83. The molecule has 35 heteroatoms. The van der Waals surface area contributed by atoms with Gasteiger partial charge in [-0.1, -0.05) is 143 Å². The molecule has 0 spiro atoms. The number of aliphatic hydroxyl groups is 1. The van der Waals surface area contributed by atoms with E-state index in [1.165, 1.54) is 79.8 Å². The number of carbonyl (C=O) groups excluding carboxylic acids is 14. The SMILES string of the molecule is CC(C)C[C@@H]1NC(=O)[C@H](Cc2ccccc2)N(C)C(=O)[C@H](Cc2ccc(O)cc2)NC(=O)[C@H](Cc2c[nH]c3ccccc23)NC(=O)CNC(=O)[C@H](CO)NC(=O)[C@H](Cc2ccc(O)cc2)NC(=O)[C@H](C(C)C)NC(=O)[C@H](CCCCN)NC(=O)[C@H](Cc2ccc(O)cc2)NC(=O)[C@H](Cc2ccccc2)NC(=O)CSC[C@@H](C(=O)NCC(N)=O)NC1=O. The molecule has 0 radical (unpaired) electrons. The van der Waals surface area contributed by atoms with Crippen LogP contribution in [0.1, 0.15) is 86.8 Å². The number of phenols is 3. The molecule has 34 nitrogen and oxygen atoms in total. The molecule has 14 amide bonds. The summed E-state index contributed by atoms with van der Waals surface area (Å²) >= 11 is 0.822. The number of aromatic hydroxyl groups is 3. The van der Waals surface area contributed by atoms with E-state index in [-0.39, 0.29) is 93.3 Å². The Labute approximate surface area is 704 Å². The molecule has 1 aromatic heterocycles. The van der Waals surface area contributed by atoms with Crippen LogP contribution in [0.3, 0.4) is 0 Å². The van der Waals surface area contributed by atoms with E-state index in [4.69, 9.17) is 11.5 Å². The van der Waals surface area contributed by atoms with Crippen LogP contribution < -0.4 is 75.3 Å². The summed E-state index contributed by atoms with van der Waals surface area (Å²) in [4.78, 5) is 209. The Hall–Kier alpha value is -12.9. The quantitative estimate of drug-likeness (QED) is 0.0375. The van der Waals surface area contributed by atoms with Gasteiger partial charge in [0, 0.05) is 68.4 Å². The normalized spacial score (nSPS) is 22.0. The zero-order valence-electron chi connectivity index (χ0n) is 67.9. The summed E-state index contributed by atoms with van der Waals surface area (Å²) in [6.45, 7) is 4.20. The van der Waals surface area contributed by atoms with Gasteiger partial charge in [-0.25, -0.2) is 0 Å². The van der Waals surface area contributed by atoms with E-state index in [0.717, 1.165) is 16.7 Å². The molecule has 1 aliphatic heterocycles. The number of H-pyrrole nitrogens is 1. The molecule has 1 saturated heterocycles. The van der Waals surface area contributed by atoms with E-state index in [1.54, 1.807) is 119 Å². The van der Waals surface area contributed by atoms with Crippen molar-refractivity contribution in [1.29, 1.82) is 0 Å². The number of aromatic amines is 1. The number of hydrogen-bond acceptors (Lipinski definition) is 20. The van der Waals surface area contributed by atoms with E-state index in [1.807, 2.05) is 0 Å². The van der Waals surface area contributed by atoms with Crippen molar-refractivity contribution in [2.45, 2.75) is 158 Å². The van der Waals surface area contributed by atoms with E-state index >= 15 is 19.2 Å². The second kappa shape index (κ2) is 46.5. The number of rotatable bonds is 23. The van der Waals surface area contributed by atoms with Crippen molar-refractivity contribution in [3.8, 4) is 17.2 Å². The lowest BCUT2D eigenvalue weighted by molar-refractivity contribution is -0.143. The number of primary amides is 1. The summed E-state index contributed by atoms with van der Waals surface area (Å²) < 4.78 is 0. The second-order valence-electron chi connectivity index (χ2n) is 30.4. The van der Waals surface area contributed by atoms with Crippen molar-refractivity contribution in [3.05, 3.63) is 197 Å². The predicted molar refractivity (Wildman–Crippen MR) is 450 cm³/mol. The van der Waals surface area contributed by atoms with E-state index in [2.05, 4.69) is 68.8 Å². The van der Waals surface area contributed by atoms with Crippen LogP contribution in [0.4, 0.5) is 0 Å². The van der Waals surface area contributed by atoms with Crippen LogP contribution in [0, 0.1) is 11.8 Å². The number of benzene rings is 6. The Balaban J connectivity index is 1.19. The fraction of sp³-hybridized carbons (Fsp3) is 0.395. The third-order valence-electron chi connectivity index (χ3n) is 20.1. The number of hydrogen-bond donors (Lipinski definition) is 19. The molecular weight excluding hydrogens is 1580 g/mol. The Kier molecular flexibility index (Phi) is 35.9. The van der Waals surface area contributed by atoms with Gasteiger partial charge in [0.2, 0.25) is 82.7 Å². The average molecular weight is 1690 g/mol. The average Bonchev–Trinajstić information content (AvgIpc) is 1.74. The summed E-state index contributed by atoms with van der Waals surface area (Å²) in [5.41, 5.74) is 14.8. The molecule has 2 heterocycles. The molecular formula is C86H108N16O18S. The molecule has 7 aromatic rings. The lowest BCUT2D eigenvalue weighted by atomic mass is 9.98. The number of para-hydroxylation sites is 1. The molecule has 0 saturated carbocycles. The van der Waals surface area contributed by atoms with Gasteiger partial charge in [-0.15, -0.1) is 11.8 Å². The molecule has 0 aliphatic carbocycles. The Bertz CT molecular complexity index is 4710. The van der Waals surface area contributed by atoms with Crippen LogP contribution in [0.5, 0.6) is 17.2 Å². The Morgan fingerprint density at radius 3 is 1.45 bits per heavy atom. The smallest absolute Gasteiger partial charge is 0.245 e. The zero-order chi connectivity index (χ0) is 87.8. The number of unbranched alkanes of at least 4 members (excludes halogenated alkanes) is 1. The largest absolute Gasteiger partial charge is 0.508 e. The van der Waals surface area contributed by atoms with Crippen molar-refractivity contribution in [3.63, 3.8) is 0 Å². The topological polar surface area (TPSA) is 535 Å². The highest BCUT2D eigenvalue weighted by Gasteiger charge is 2.40. The number of likely N-dealkylation sites (N-methyl/N-ethyl adjacent to an activating group) is 1. The standard InChI is InChI=1S/C86H108N16O18S/c1-49(2)36-63-79(113)100-70(77(111)90-44-72(88)107)47-121-48-74(109)93-64(37-51-16-8-6-9-17-51)80(114)95-65(38-53-23-29-57(104)30-24-53)81(115)94-62(22-14-15-35-87)78(112)101-75(50(3)4)85(119)97-66(39-54-25-31-58(105)32-26-54)82(116)99-69(46-103)76(110)91-45-73(108)92-67(42-56-43-89-61-21-13-12-20-60(56)61)83(117)98-68(40-55-27-33-59(106)34-28-55)86(120)102(5)71(84(118)96-63)41-52-18-10-7-11-19-52/h6-13,16-21,23-34,43,49-50,62-71,75,89,103-106H,14-15,22,35-42,44-48,87H2,1-5H3,(H2,88,107)(H,90,111)(H,91,110)(H,92,108)(H,93,109)(H,94,115)(H,95,114)(H,96,118)(H,97,119)(H,98,117)(H,99,116)(H,100,113)(H,101,112)/t62-,63-,64-,65-,66-,67-,68-,69-,70-,71-,75-/m0/s1. The van der Waals surface area contributed by atoms with Gasteiger partial charge < -0.3 is 106 Å². The monoisotopic (exact) mass is 1680 g/mol. The molecule has 11 atom stereocenters. The number of aromatic nitrogens is 1. The Morgan fingerprint density at radius 2 is 0.926 bits per heavy atom. The number of nitrogens with one attached hydrogen (secondary N) is 13. The molecule has 0 unspecified atom stereocenters. The first-order chi connectivity index (χ1) is 57.8. The van der Waals surface area contributed by atoms with Crippen LogP contribution in [-0.2, 0) is 106 Å². The molecule has 646 valence electrons. The summed E-state index contributed by atoms with van der Waals surface area (Å²) in [5.74, 6) is -15.4. The maximum Gasteiger partial charge on any atom is 0.245 e. The summed E-state index contributed by atoms with van der Waals surface area (Å²) in [5, 5.41) is 74.0. The zero-order valence-corrected chi connectivity index (χ0v) is 68.7. The number of aliphatic hydroxyl groups excluding tert-OH is 1. The van der Waals surface area contributed by atoms with Crippen molar-refractivity contribution < 1.29 is 87.5 Å². The van der Waals surface area contributed by atoms with E-state index < -0.39 is 181 Å². The number of carbonyl (C=O) groups is 14. The van der Waals surface area contributed by atoms with E-state index in [0.29, 0.717) is 50.7 Å². The predicted octanol–water partition coefficient (Wildman–Crippen LogP) is 0.00360. The van der Waals surface area contributed by atoms with Gasteiger partial charge in [0.1, 0.15) is 83.7 Å². The van der Waals surface area contributed by atoms with Crippen molar-refractivity contribution in [1.82, 2.24) is 73.7 Å². The van der Waals surface area contributed by atoms with Crippen molar-refractivity contribution in [2.75, 3.05) is 44.8 Å². The van der Waals surface area contributed by atoms with Crippen LogP contribution in [-0.4, -0.2) is 224 Å². The van der Waals surface area contributed by atoms with Gasteiger partial charge in [-0.3, -0.25) is 67.1 Å².